The molecule has 124 valence electrons. The van der Waals surface area contributed by atoms with Gasteiger partial charge in [-0.05, 0) is 35.9 Å². The lowest BCUT2D eigenvalue weighted by Gasteiger charge is -2.12. The number of alkyl halides is 1. The van der Waals surface area contributed by atoms with Gasteiger partial charge in [-0.25, -0.2) is 9.18 Å². The summed E-state index contributed by atoms with van der Waals surface area (Å²) in [7, 11) is 3.92. The van der Waals surface area contributed by atoms with Gasteiger partial charge in [-0.2, -0.15) is 0 Å². The maximum atomic E-state index is 12.3. The van der Waals surface area contributed by atoms with Crippen LogP contribution < -0.4 is 15.3 Å². The third-order valence-electron chi connectivity index (χ3n) is 3.75. The highest BCUT2D eigenvalue weighted by Gasteiger charge is 2.09. The summed E-state index contributed by atoms with van der Waals surface area (Å²) >= 11 is 0. The van der Waals surface area contributed by atoms with E-state index in [1.54, 1.807) is 24.3 Å². The van der Waals surface area contributed by atoms with Crippen LogP contribution in [0.15, 0.2) is 57.7 Å². The molecule has 1 aromatic heterocycles. The molecular weight excluding hydrogens is 309 g/mol. The minimum absolute atomic E-state index is 0.0218. The van der Waals surface area contributed by atoms with Crippen molar-refractivity contribution in [2.24, 2.45) is 0 Å². The van der Waals surface area contributed by atoms with Gasteiger partial charge >= 0.3 is 5.63 Å². The van der Waals surface area contributed by atoms with Crippen molar-refractivity contribution >= 4 is 16.7 Å². The number of hydrogen-bond acceptors (Lipinski definition) is 4. The van der Waals surface area contributed by atoms with Gasteiger partial charge in [0.25, 0.3) is 0 Å². The molecule has 5 heteroatoms. The molecule has 2 aromatic carbocycles. The zero-order valence-electron chi connectivity index (χ0n) is 13.6. The Bertz CT molecular complexity index is 901. The molecule has 24 heavy (non-hydrogen) atoms. The Labute approximate surface area is 139 Å². The van der Waals surface area contributed by atoms with Gasteiger partial charge < -0.3 is 14.1 Å². The Morgan fingerprint density at radius 2 is 1.83 bits per heavy atom. The second kappa shape index (κ2) is 6.74. The predicted molar refractivity (Wildman–Crippen MR) is 93.7 cm³/mol. The lowest BCUT2D eigenvalue weighted by atomic mass is 10.1. The van der Waals surface area contributed by atoms with Crippen molar-refractivity contribution in [2.75, 3.05) is 32.3 Å². The van der Waals surface area contributed by atoms with Crippen molar-refractivity contribution in [1.82, 2.24) is 0 Å². The van der Waals surface area contributed by atoms with Crippen LogP contribution in [0.5, 0.6) is 5.75 Å². The summed E-state index contributed by atoms with van der Waals surface area (Å²) in [6.45, 7) is -0.587. The summed E-state index contributed by atoms with van der Waals surface area (Å²) in [5.41, 5.74) is 2.37. The van der Waals surface area contributed by atoms with Crippen molar-refractivity contribution in [2.45, 2.75) is 0 Å². The summed E-state index contributed by atoms with van der Waals surface area (Å²) in [5.74, 6) is 0.478. The van der Waals surface area contributed by atoms with E-state index in [0.717, 1.165) is 16.6 Å². The van der Waals surface area contributed by atoms with Gasteiger partial charge in [0.2, 0.25) is 0 Å². The Morgan fingerprint density at radius 1 is 1.08 bits per heavy atom. The number of nitrogens with zero attached hydrogens (tertiary/aromatic N) is 1. The Balaban J connectivity index is 2.00. The van der Waals surface area contributed by atoms with Crippen LogP contribution in [-0.2, 0) is 0 Å². The fourth-order valence-electron chi connectivity index (χ4n) is 2.48. The third-order valence-corrected chi connectivity index (χ3v) is 3.75. The molecule has 3 aromatic rings. The van der Waals surface area contributed by atoms with Crippen molar-refractivity contribution in [3.63, 3.8) is 0 Å². The molecule has 1 heterocycles. The first kappa shape index (κ1) is 16.1. The highest BCUT2D eigenvalue weighted by atomic mass is 19.1. The van der Waals surface area contributed by atoms with Gasteiger partial charge in [0.05, 0.1) is 5.56 Å². The second-order valence-corrected chi connectivity index (χ2v) is 5.63. The first-order valence-electron chi connectivity index (χ1n) is 7.63. The number of hydrogen-bond donors (Lipinski definition) is 0. The number of ether oxygens (including phenoxy) is 1. The molecule has 4 nitrogen and oxygen atoms in total. The van der Waals surface area contributed by atoms with Crippen molar-refractivity contribution < 1.29 is 13.5 Å². The smallest absolute Gasteiger partial charge is 0.344 e. The first-order valence-corrected chi connectivity index (χ1v) is 7.63. The van der Waals surface area contributed by atoms with Gasteiger partial charge in [0.1, 0.15) is 24.6 Å². The molecule has 0 saturated heterocycles. The quantitative estimate of drug-likeness (QED) is 0.667. The van der Waals surface area contributed by atoms with Crippen LogP contribution >= 0.6 is 0 Å². The highest BCUT2D eigenvalue weighted by molar-refractivity contribution is 5.83. The van der Waals surface area contributed by atoms with Crippen LogP contribution in [0.3, 0.4) is 0 Å². The third kappa shape index (κ3) is 3.25. The molecule has 0 aliphatic rings. The minimum atomic E-state index is -0.566. The van der Waals surface area contributed by atoms with E-state index < -0.39 is 12.3 Å². The maximum Gasteiger partial charge on any atom is 0.344 e. The standard InChI is InChI=1S/C19H18FNO3/c1-21(2)15-6-3-13(4-7-15)17-11-14-5-8-16(23-10-9-20)12-18(14)24-19(17)22/h3-8,11-12H,9-10H2,1-2H3. The normalized spacial score (nSPS) is 10.8. The van der Waals surface area contributed by atoms with Crippen LogP contribution in [0.25, 0.3) is 22.1 Å². The van der Waals surface area contributed by atoms with Crippen LogP contribution in [0.1, 0.15) is 0 Å². The number of halogens is 1. The zero-order chi connectivity index (χ0) is 17.1. The topological polar surface area (TPSA) is 42.7 Å². The molecule has 0 saturated carbocycles. The molecule has 0 atom stereocenters. The summed E-state index contributed by atoms with van der Waals surface area (Å²) < 4.78 is 22.8. The molecule has 0 spiro atoms. The molecule has 0 aliphatic heterocycles. The first-order chi connectivity index (χ1) is 11.6. The van der Waals surface area contributed by atoms with E-state index in [1.165, 1.54) is 0 Å². The van der Waals surface area contributed by atoms with Gasteiger partial charge in [-0.1, -0.05) is 12.1 Å². The van der Waals surface area contributed by atoms with Crippen LogP contribution in [0, 0.1) is 0 Å². The summed E-state index contributed by atoms with van der Waals surface area (Å²) in [6.07, 6.45) is 0. The summed E-state index contributed by atoms with van der Waals surface area (Å²) in [4.78, 5) is 14.3. The van der Waals surface area contributed by atoms with E-state index in [-0.39, 0.29) is 6.61 Å². The van der Waals surface area contributed by atoms with E-state index in [2.05, 4.69) is 0 Å². The molecule has 0 amide bonds. The fourth-order valence-corrected chi connectivity index (χ4v) is 2.48. The monoisotopic (exact) mass is 327 g/mol. The Morgan fingerprint density at radius 3 is 2.50 bits per heavy atom. The molecule has 0 aliphatic carbocycles. The average Bonchev–Trinajstić information content (AvgIpc) is 2.59. The number of fused-ring (bicyclic) bond motifs is 1. The number of rotatable bonds is 5. The van der Waals surface area contributed by atoms with Gasteiger partial charge in [-0.15, -0.1) is 0 Å². The van der Waals surface area contributed by atoms with E-state index in [9.17, 15) is 9.18 Å². The molecule has 0 radical (unpaired) electrons. The minimum Gasteiger partial charge on any atom is -0.491 e. The van der Waals surface area contributed by atoms with Crippen molar-refractivity contribution in [3.8, 4) is 16.9 Å². The van der Waals surface area contributed by atoms with Crippen molar-refractivity contribution in [3.05, 3.63) is 59.0 Å². The van der Waals surface area contributed by atoms with Gasteiger partial charge in [0.15, 0.2) is 0 Å². The average molecular weight is 327 g/mol. The fraction of sp³-hybridized carbons (Fsp3) is 0.211. The van der Waals surface area contributed by atoms with Gasteiger partial charge in [0, 0.05) is 31.2 Å². The summed E-state index contributed by atoms with van der Waals surface area (Å²) in [6, 6.07) is 14.6. The SMILES string of the molecule is CN(C)c1ccc(-c2cc3ccc(OCCF)cc3oc2=O)cc1. The predicted octanol–water partition coefficient (Wildman–Crippen LogP) is 3.87. The molecule has 0 N–H and O–H groups in total. The lowest BCUT2D eigenvalue weighted by molar-refractivity contribution is 0.273. The second-order valence-electron chi connectivity index (χ2n) is 5.63. The number of anilines is 1. The molecular formula is C19H18FNO3. The largest absolute Gasteiger partial charge is 0.491 e. The Kier molecular flexibility index (Phi) is 4.51. The van der Waals surface area contributed by atoms with E-state index in [0.29, 0.717) is 16.9 Å². The highest BCUT2D eigenvalue weighted by Crippen LogP contribution is 2.25. The molecule has 0 bridgehead atoms. The van der Waals surface area contributed by atoms with E-state index in [4.69, 9.17) is 9.15 Å². The zero-order valence-corrected chi connectivity index (χ0v) is 13.6. The van der Waals surface area contributed by atoms with Crippen LogP contribution in [0.4, 0.5) is 10.1 Å². The van der Waals surface area contributed by atoms with Crippen LogP contribution in [0.2, 0.25) is 0 Å². The van der Waals surface area contributed by atoms with E-state index >= 15 is 0 Å². The molecule has 3 rings (SSSR count). The lowest BCUT2D eigenvalue weighted by Crippen LogP contribution is -2.08. The molecule has 0 fully saturated rings. The summed E-state index contributed by atoms with van der Waals surface area (Å²) in [5, 5.41) is 0.786. The Hall–Kier alpha value is -2.82. The number of benzene rings is 2. The van der Waals surface area contributed by atoms with Crippen molar-refractivity contribution in [1.29, 1.82) is 0 Å². The van der Waals surface area contributed by atoms with E-state index in [1.807, 2.05) is 43.3 Å². The molecule has 0 unspecified atom stereocenters. The van der Waals surface area contributed by atoms with Crippen LogP contribution in [-0.4, -0.2) is 27.4 Å². The maximum absolute atomic E-state index is 12.3. The van der Waals surface area contributed by atoms with Gasteiger partial charge in [-0.3, -0.25) is 0 Å².